The highest BCUT2D eigenvalue weighted by Gasteiger charge is 2.23. The minimum Gasteiger partial charge on any atom is -0.497 e. The Morgan fingerprint density at radius 3 is 2.61 bits per heavy atom. The molecule has 2 aromatic carbocycles. The van der Waals surface area contributed by atoms with Gasteiger partial charge in [0.2, 0.25) is 0 Å². The van der Waals surface area contributed by atoms with E-state index in [4.69, 9.17) is 25.4 Å². The summed E-state index contributed by atoms with van der Waals surface area (Å²) in [6.07, 6.45) is 3.01. The molecule has 0 bridgehead atoms. The third-order valence-corrected chi connectivity index (χ3v) is 5.36. The van der Waals surface area contributed by atoms with Crippen LogP contribution < -0.4 is 26.2 Å². The molecule has 0 fully saturated rings. The van der Waals surface area contributed by atoms with Gasteiger partial charge in [0.25, 0.3) is 5.95 Å². The smallest absolute Gasteiger partial charge is 0.350 e. The first-order valence-corrected chi connectivity index (χ1v) is 11.4. The van der Waals surface area contributed by atoms with Gasteiger partial charge in [-0.1, -0.05) is 6.07 Å². The monoisotopic (exact) mass is 518 g/mol. The van der Waals surface area contributed by atoms with Crippen LogP contribution in [0.3, 0.4) is 0 Å². The first-order valence-electron chi connectivity index (χ1n) is 11.4. The maximum atomic E-state index is 12.8. The number of nitrogen functional groups attached to an aromatic ring is 1. The second-order valence-corrected chi connectivity index (χ2v) is 8.12. The van der Waals surface area contributed by atoms with Crippen molar-refractivity contribution >= 4 is 17.5 Å². The lowest BCUT2D eigenvalue weighted by atomic mass is 10.0. The highest BCUT2D eigenvalue weighted by Crippen LogP contribution is 2.31. The fourth-order valence-corrected chi connectivity index (χ4v) is 3.78. The van der Waals surface area contributed by atoms with Crippen molar-refractivity contribution in [2.75, 3.05) is 19.5 Å². The lowest BCUT2D eigenvalue weighted by Gasteiger charge is -2.21. The predicted octanol–water partition coefficient (Wildman–Crippen LogP) is 1.92. The number of amidine groups is 1. The lowest BCUT2D eigenvalue weighted by Crippen LogP contribution is -2.18. The van der Waals surface area contributed by atoms with Crippen molar-refractivity contribution < 1.29 is 19.0 Å². The van der Waals surface area contributed by atoms with E-state index in [9.17, 15) is 9.59 Å². The van der Waals surface area contributed by atoms with Crippen LogP contribution in [0.4, 0.5) is 5.69 Å². The van der Waals surface area contributed by atoms with Crippen LogP contribution in [-0.2, 0) is 16.1 Å². The summed E-state index contributed by atoms with van der Waals surface area (Å²) in [6, 6.07) is 11.2. The van der Waals surface area contributed by atoms with Gasteiger partial charge >= 0.3 is 11.7 Å². The molecule has 0 aliphatic carbocycles. The molecule has 0 aliphatic heterocycles. The van der Waals surface area contributed by atoms with Crippen LogP contribution in [-0.4, -0.2) is 50.8 Å². The molecule has 4 aromatic rings. The molecule has 0 amide bonds. The molecule has 0 saturated carbocycles. The molecule has 38 heavy (non-hydrogen) atoms. The van der Waals surface area contributed by atoms with E-state index < -0.39 is 17.7 Å². The molecule has 196 valence electrons. The SMILES string of the molecule is COCc1cc(OC)cc(C(Nc2ccc(C(=N)N)c(OC(C)=O)c2)c2nn(-c3ncccn3)c(=O)[nH]2)c1. The maximum absolute atomic E-state index is 12.8. The second kappa shape index (κ2) is 11.3. The molecular weight excluding hydrogens is 492 g/mol. The number of esters is 1. The number of methoxy groups -OCH3 is 2. The topological polar surface area (TPSA) is 183 Å². The molecule has 2 heterocycles. The van der Waals surface area contributed by atoms with Crippen LogP contribution >= 0.6 is 0 Å². The summed E-state index contributed by atoms with van der Waals surface area (Å²) in [5.41, 5.74) is 7.39. The Bertz CT molecular complexity index is 1520. The number of hydrogen-bond acceptors (Lipinski definition) is 10. The van der Waals surface area contributed by atoms with Gasteiger partial charge in [-0.3, -0.25) is 15.2 Å². The van der Waals surface area contributed by atoms with Crippen molar-refractivity contribution in [3.63, 3.8) is 0 Å². The van der Waals surface area contributed by atoms with E-state index in [-0.39, 0.29) is 28.9 Å². The molecule has 1 unspecified atom stereocenters. The van der Waals surface area contributed by atoms with E-state index >= 15 is 0 Å². The van der Waals surface area contributed by atoms with Gasteiger partial charge in [0.15, 0.2) is 5.82 Å². The minimum absolute atomic E-state index is 0.104. The molecular formula is C25H26N8O5. The quantitative estimate of drug-likeness (QED) is 0.105. The molecule has 0 radical (unpaired) electrons. The summed E-state index contributed by atoms with van der Waals surface area (Å²) >= 11 is 0. The number of nitrogens with zero attached hydrogens (tertiary/aromatic N) is 4. The Labute approximate surface area is 217 Å². The van der Waals surface area contributed by atoms with Crippen LogP contribution in [0.5, 0.6) is 11.5 Å². The lowest BCUT2D eigenvalue weighted by molar-refractivity contribution is -0.131. The summed E-state index contributed by atoms with van der Waals surface area (Å²) in [4.78, 5) is 35.5. The number of rotatable bonds is 10. The van der Waals surface area contributed by atoms with Gasteiger partial charge in [-0.25, -0.2) is 14.8 Å². The normalized spacial score (nSPS) is 11.6. The zero-order valence-corrected chi connectivity index (χ0v) is 20.9. The fraction of sp³-hybridized carbons (Fsp3) is 0.200. The van der Waals surface area contributed by atoms with Crippen molar-refractivity contribution in [2.24, 2.45) is 5.73 Å². The third-order valence-electron chi connectivity index (χ3n) is 5.36. The Hall–Kier alpha value is -5.04. The van der Waals surface area contributed by atoms with Crippen LogP contribution in [0, 0.1) is 5.41 Å². The summed E-state index contributed by atoms with van der Waals surface area (Å²) in [5, 5.41) is 15.6. The largest absolute Gasteiger partial charge is 0.497 e. The molecule has 5 N–H and O–H groups in total. The van der Waals surface area contributed by atoms with Crippen LogP contribution in [0.2, 0.25) is 0 Å². The van der Waals surface area contributed by atoms with E-state index in [1.807, 2.05) is 12.1 Å². The van der Waals surface area contributed by atoms with E-state index in [1.54, 1.807) is 38.5 Å². The molecule has 13 nitrogen and oxygen atoms in total. The summed E-state index contributed by atoms with van der Waals surface area (Å²) in [5.74, 6) is 0.214. The average molecular weight is 519 g/mol. The number of nitrogens with two attached hydrogens (primary N) is 1. The molecule has 0 aliphatic rings. The van der Waals surface area contributed by atoms with Gasteiger partial charge in [0.05, 0.1) is 19.3 Å². The first kappa shape index (κ1) is 26.0. The van der Waals surface area contributed by atoms with Gasteiger partial charge < -0.3 is 25.3 Å². The van der Waals surface area contributed by atoms with Gasteiger partial charge in [-0.05, 0) is 41.5 Å². The number of carbonyl (C=O) groups is 1. The zero-order chi connectivity index (χ0) is 27.2. The Kier molecular flexibility index (Phi) is 7.77. The number of carbonyl (C=O) groups excluding carboxylic acids is 1. The number of nitrogens with one attached hydrogen (secondary N) is 3. The predicted molar refractivity (Wildman–Crippen MR) is 138 cm³/mol. The first-order chi connectivity index (χ1) is 18.3. The number of anilines is 1. The number of hydrogen-bond donors (Lipinski definition) is 4. The van der Waals surface area contributed by atoms with Crippen molar-refractivity contribution in [3.05, 3.63) is 87.9 Å². The maximum Gasteiger partial charge on any atom is 0.350 e. The molecule has 2 aromatic heterocycles. The van der Waals surface area contributed by atoms with Crippen molar-refractivity contribution in [2.45, 2.75) is 19.6 Å². The molecule has 0 saturated heterocycles. The van der Waals surface area contributed by atoms with Crippen LogP contribution in [0.25, 0.3) is 5.95 Å². The van der Waals surface area contributed by atoms with E-state index in [1.165, 1.54) is 25.4 Å². The summed E-state index contributed by atoms with van der Waals surface area (Å²) < 4.78 is 17.1. The zero-order valence-electron chi connectivity index (χ0n) is 20.9. The average Bonchev–Trinajstić information content (AvgIpc) is 3.28. The fourth-order valence-electron chi connectivity index (χ4n) is 3.78. The van der Waals surface area contributed by atoms with Crippen molar-refractivity contribution in [1.82, 2.24) is 24.7 Å². The van der Waals surface area contributed by atoms with Gasteiger partial charge in [-0.15, -0.1) is 9.78 Å². The number of H-pyrrole nitrogens is 1. The van der Waals surface area contributed by atoms with Crippen LogP contribution in [0.1, 0.15) is 35.5 Å². The summed E-state index contributed by atoms with van der Waals surface area (Å²) in [6.45, 7) is 1.58. The standard InChI is InChI=1S/C25H26N8O5/c1-14(34)38-20-12-17(5-6-19(20)22(26)27)30-21(16-9-15(13-36-2)10-18(11-16)37-3)23-31-25(35)33(32-23)24-28-7-4-8-29-24/h4-12,21,30H,13H2,1-3H3,(H3,26,27)(H,31,32,35). The Balaban J connectivity index is 1.84. The van der Waals surface area contributed by atoms with E-state index in [0.717, 1.165) is 10.2 Å². The Morgan fingerprint density at radius 1 is 1.18 bits per heavy atom. The van der Waals surface area contributed by atoms with Crippen molar-refractivity contribution in [1.29, 1.82) is 5.41 Å². The number of benzene rings is 2. The second-order valence-electron chi connectivity index (χ2n) is 8.12. The third kappa shape index (κ3) is 5.84. The number of ether oxygens (including phenoxy) is 3. The highest BCUT2D eigenvalue weighted by atomic mass is 16.5. The molecule has 0 spiro atoms. The molecule has 4 rings (SSSR count). The molecule has 1 atom stereocenters. The van der Waals surface area contributed by atoms with Gasteiger partial charge in [0, 0.05) is 38.2 Å². The van der Waals surface area contributed by atoms with Gasteiger partial charge in [0.1, 0.15) is 23.4 Å². The van der Waals surface area contributed by atoms with E-state index in [2.05, 4.69) is 25.4 Å². The van der Waals surface area contributed by atoms with E-state index in [0.29, 0.717) is 23.6 Å². The number of aromatic amines is 1. The summed E-state index contributed by atoms with van der Waals surface area (Å²) in [7, 11) is 3.13. The van der Waals surface area contributed by atoms with Crippen LogP contribution in [0.15, 0.2) is 59.7 Å². The number of aromatic nitrogens is 5. The van der Waals surface area contributed by atoms with Gasteiger partial charge in [-0.2, -0.15) is 0 Å². The molecule has 13 heteroatoms. The van der Waals surface area contributed by atoms with Crippen molar-refractivity contribution in [3.8, 4) is 17.4 Å². The minimum atomic E-state index is -0.716. The highest BCUT2D eigenvalue weighted by molar-refractivity contribution is 5.98. The Morgan fingerprint density at radius 2 is 1.95 bits per heavy atom.